The lowest BCUT2D eigenvalue weighted by molar-refractivity contribution is 0.102. The van der Waals surface area contributed by atoms with E-state index in [0.717, 1.165) is 0 Å². The second-order valence-electron chi connectivity index (χ2n) is 9.70. The average Bonchev–Trinajstić information content (AvgIpc) is 3.03. The maximum atomic E-state index is 13.5. The molecule has 230 valence electrons. The number of rotatable bonds is 9. The quantitative estimate of drug-likeness (QED) is 0.189. The average molecular weight is 632 g/mol. The van der Waals surface area contributed by atoms with Gasteiger partial charge in [0.25, 0.3) is 11.5 Å². The van der Waals surface area contributed by atoms with E-state index in [2.05, 4.69) is 10.3 Å². The van der Waals surface area contributed by atoms with Gasteiger partial charge in [-0.3, -0.25) is 19.1 Å². The van der Waals surface area contributed by atoms with E-state index in [4.69, 9.17) is 35.3 Å². The van der Waals surface area contributed by atoms with Crippen LogP contribution in [0.25, 0.3) is 16.6 Å². The first-order valence-electron chi connectivity index (χ1n) is 14.1. The van der Waals surface area contributed by atoms with Crippen molar-refractivity contribution in [2.75, 3.05) is 31.7 Å². The van der Waals surface area contributed by atoms with Crippen LogP contribution < -0.4 is 34.6 Å². The summed E-state index contributed by atoms with van der Waals surface area (Å²) in [5, 5.41) is 3.46. The Kier molecular flexibility index (Phi) is 8.43. The Morgan fingerprint density at radius 3 is 2.42 bits per heavy atom. The van der Waals surface area contributed by atoms with Crippen LogP contribution in [0.2, 0.25) is 5.02 Å². The molecule has 0 bridgehead atoms. The molecular formula is C33H27ClFN3O7. The van der Waals surface area contributed by atoms with Crippen LogP contribution in [0.3, 0.4) is 0 Å². The molecule has 1 aliphatic rings. The molecule has 0 unspecified atom stereocenters. The third-order valence-corrected chi connectivity index (χ3v) is 7.16. The van der Waals surface area contributed by atoms with E-state index >= 15 is 0 Å². The fourth-order valence-electron chi connectivity index (χ4n) is 4.90. The van der Waals surface area contributed by atoms with Gasteiger partial charge in [0.1, 0.15) is 41.8 Å². The number of amides is 1. The molecule has 0 saturated carbocycles. The zero-order valence-corrected chi connectivity index (χ0v) is 25.0. The highest BCUT2D eigenvalue weighted by atomic mass is 35.5. The number of carbonyl (C=O) groups excluding carboxylic acids is 1. The first-order valence-corrected chi connectivity index (χ1v) is 14.5. The number of carbonyl (C=O) groups is 1. The predicted molar refractivity (Wildman–Crippen MR) is 167 cm³/mol. The van der Waals surface area contributed by atoms with E-state index in [-0.39, 0.29) is 28.6 Å². The molecule has 0 spiro atoms. The van der Waals surface area contributed by atoms with E-state index in [1.807, 2.05) is 6.92 Å². The summed E-state index contributed by atoms with van der Waals surface area (Å²) < 4.78 is 44.1. The van der Waals surface area contributed by atoms with Crippen molar-refractivity contribution in [2.24, 2.45) is 0 Å². The van der Waals surface area contributed by atoms with Crippen molar-refractivity contribution in [2.45, 2.75) is 13.8 Å². The van der Waals surface area contributed by atoms with E-state index in [0.29, 0.717) is 65.2 Å². The van der Waals surface area contributed by atoms with Gasteiger partial charge in [-0.05, 0) is 62.4 Å². The largest absolute Gasteiger partial charge is 0.493 e. The summed E-state index contributed by atoms with van der Waals surface area (Å²) in [7, 11) is 0. The Bertz CT molecular complexity index is 1960. The zero-order chi connectivity index (χ0) is 31.5. The van der Waals surface area contributed by atoms with Crippen LogP contribution in [0.4, 0.5) is 10.1 Å². The molecule has 0 fully saturated rings. The highest BCUT2D eigenvalue weighted by Crippen LogP contribution is 2.48. The minimum absolute atomic E-state index is 0.0982. The fraction of sp³-hybridized carbons (Fsp3) is 0.182. The second kappa shape index (κ2) is 12.7. The van der Waals surface area contributed by atoms with Crippen molar-refractivity contribution in [1.29, 1.82) is 0 Å². The van der Waals surface area contributed by atoms with Gasteiger partial charge in [-0.2, -0.15) is 0 Å². The smallest absolute Gasteiger partial charge is 0.271 e. The van der Waals surface area contributed by atoms with Gasteiger partial charge in [0.05, 0.1) is 34.8 Å². The Morgan fingerprint density at radius 2 is 1.69 bits per heavy atom. The molecule has 3 heterocycles. The molecule has 2 aromatic heterocycles. The molecule has 12 heteroatoms. The van der Waals surface area contributed by atoms with Crippen LogP contribution >= 0.6 is 11.6 Å². The van der Waals surface area contributed by atoms with Crippen molar-refractivity contribution in [3.63, 3.8) is 0 Å². The van der Waals surface area contributed by atoms with Crippen molar-refractivity contribution < 1.29 is 32.9 Å². The van der Waals surface area contributed by atoms with E-state index in [9.17, 15) is 14.0 Å². The number of ether oxygens (including phenoxy) is 5. The van der Waals surface area contributed by atoms with Gasteiger partial charge in [-0.25, -0.2) is 4.39 Å². The fourth-order valence-corrected chi connectivity index (χ4v) is 5.12. The van der Waals surface area contributed by atoms with Gasteiger partial charge in [-0.1, -0.05) is 11.6 Å². The lowest BCUT2D eigenvalue weighted by atomic mass is 10.1. The number of anilines is 1. The molecule has 0 aliphatic carbocycles. The monoisotopic (exact) mass is 631 g/mol. The van der Waals surface area contributed by atoms with Crippen LogP contribution in [0.1, 0.15) is 24.2 Å². The van der Waals surface area contributed by atoms with Gasteiger partial charge >= 0.3 is 0 Å². The lowest BCUT2D eigenvalue weighted by Gasteiger charge is -2.23. The topological polar surface area (TPSA) is 110 Å². The Labute approximate surface area is 261 Å². The molecule has 1 N–H and O–H groups in total. The van der Waals surface area contributed by atoms with E-state index in [1.54, 1.807) is 37.4 Å². The minimum atomic E-state index is -0.732. The number of hydrogen-bond donors (Lipinski definition) is 1. The Hall–Kier alpha value is -5.29. The first kappa shape index (κ1) is 29.8. The number of hydrogen-bond acceptors (Lipinski definition) is 8. The summed E-state index contributed by atoms with van der Waals surface area (Å²) in [6, 6.07) is 15.0. The summed E-state index contributed by atoms with van der Waals surface area (Å²) in [5.41, 5.74) is 0.334. The van der Waals surface area contributed by atoms with Crippen LogP contribution in [0.15, 0.2) is 77.9 Å². The van der Waals surface area contributed by atoms with Crippen molar-refractivity contribution in [3.05, 3.63) is 99.8 Å². The Morgan fingerprint density at radius 1 is 0.956 bits per heavy atom. The van der Waals surface area contributed by atoms with Crippen molar-refractivity contribution in [1.82, 2.24) is 9.55 Å². The normalized spacial score (nSPS) is 12.1. The molecule has 1 amide bonds. The molecule has 0 saturated heterocycles. The number of halogens is 2. The molecule has 3 aromatic carbocycles. The first-order chi connectivity index (χ1) is 21.9. The molecule has 10 nitrogen and oxygen atoms in total. The molecule has 45 heavy (non-hydrogen) atoms. The number of nitrogens with zero attached hydrogens (tertiary/aromatic N) is 2. The third kappa shape index (κ3) is 5.94. The zero-order valence-electron chi connectivity index (χ0n) is 24.3. The number of nitrogens with one attached hydrogen (secondary N) is 1. The van der Waals surface area contributed by atoms with Crippen LogP contribution in [0, 0.1) is 5.82 Å². The van der Waals surface area contributed by atoms with Gasteiger partial charge in [0, 0.05) is 30.2 Å². The summed E-state index contributed by atoms with van der Waals surface area (Å²) in [4.78, 5) is 31.4. The number of benzene rings is 3. The van der Waals surface area contributed by atoms with Crippen LogP contribution in [-0.2, 0) is 0 Å². The summed E-state index contributed by atoms with van der Waals surface area (Å²) >= 11 is 6.58. The number of fused-ring (bicyclic) bond motifs is 3. The lowest BCUT2D eigenvalue weighted by Crippen LogP contribution is -2.29. The highest BCUT2D eigenvalue weighted by Gasteiger charge is 2.25. The highest BCUT2D eigenvalue weighted by molar-refractivity contribution is 6.34. The minimum Gasteiger partial charge on any atom is -0.493 e. The van der Waals surface area contributed by atoms with E-state index in [1.165, 1.54) is 47.2 Å². The van der Waals surface area contributed by atoms with Crippen molar-refractivity contribution >= 4 is 34.1 Å². The molecule has 0 atom stereocenters. The molecular weight excluding hydrogens is 605 g/mol. The number of pyridine rings is 2. The molecule has 0 radical (unpaired) electrons. The molecule has 6 rings (SSSR count). The van der Waals surface area contributed by atoms with Crippen LogP contribution in [-0.4, -0.2) is 41.9 Å². The van der Waals surface area contributed by atoms with E-state index < -0.39 is 17.3 Å². The van der Waals surface area contributed by atoms with Crippen LogP contribution in [0.5, 0.6) is 34.5 Å². The summed E-state index contributed by atoms with van der Waals surface area (Å²) in [6.45, 7) is 5.03. The standard InChI is InChI=1S/C33H27ClFN3O7/c1-3-41-25-12-14-38(20-7-5-19(35)6-8-20)33(40)29(25)32(39)37-23-10-9-21(17-22(23)34)45-26-11-13-36-24-18-27(42-4-2)30-31(28(24)26)44-16-15-43-30/h5-14,17-18H,3-4,15-16H2,1-2H3,(H,37,39). The third-order valence-electron chi connectivity index (χ3n) is 6.85. The number of aromatic nitrogens is 2. The predicted octanol–water partition coefficient (Wildman–Crippen LogP) is 6.79. The summed E-state index contributed by atoms with van der Waals surface area (Å²) in [6.07, 6.45) is 3.07. The van der Waals surface area contributed by atoms with Gasteiger partial charge in [-0.15, -0.1) is 0 Å². The molecule has 1 aliphatic heterocycles. The van der Waals surface area contributed by atoms with Gasteiger partial charge < -0.3 is 29.0 Å². The maximum Gasteiger partial charge on any atom is 0.271 e. The second-order valence-corrected chi connectivity index (χ2v) is 10.1. The summed E-state index contributed by atoms with van der Waals surface area (Å²) in [5.74, 6) is 1.22. The van der Waals surface area contributed by atoms with Gasteiger partial charge in [0.2, 0.25) is 5.75 Å². The van der Waals surface area contributed by atoms with Gasteiger partial charge in [0.15, 0.2) is 11.5 Å². The van der Waals surface area contributed by atoms with Crippen molar-refractivity contribution in [3.8, 4) is 40.2 Å². The SMILES string of the molecule is CCOc1cc2nccc(Oc3ccc(NC(=O)c4c(OCC)ccn(-c5ccc(F)cc5)c4=O)c(Cl)c3)c2c2c1OCCO2. The Balaban J connectivity index is 1.29. The maximum absolute atomic E-state index is 13.5. The molecule has 5 aromatic rings.